The molecule has 0 amide bonds. The van der Waals surface area contributed by atoms with Crippen LogP contribution < -0.4 is 0 Å². The summed E-state index contributed by atoms with van der Waals surface area (Å²) in [6, 6.07) is 0. The minimum atomic E-state index is -0.0475. The summed E-state index contributed by atoms with van der Waals surface area (Å²) in [5.41, 5.74) is 0. The topological polar surface area (TPSA) is 30.7 Å². The van der Waals surface area contributed by atoms with Crippen LogP contribution in [0.25, 0.3) is 4.85 Å². The minimum Gasteiger partial charge on any atom is -0.305 e. The highest BCUT2D eigenvalue weighted by atomic mass is 16.5. The van der Waals surface area contributed by atoms with Crippen LogP contribution in [0.1, 0.15) is 6.92 Å². The predicted molar refractivity (Wildman–Crippen MR) is 28.1 cm³/mol. The van der Waals surface area contributed by atoms with Gasteiger partial charge in [-0.1, -0.05) is 0 Å². The third-order valence-corrected chi connectivity index (χ3v) is 0.461. The van der Waals surface area contributed by atoms with E-state index >= 15 is 0 Å². The molecule has 0 heterocycles. The second-order valence-electron chi connectivity index (χ2n) is 1.34. The number of Topliss-reactive ketones (excluding diaryl/α,β-unsaturated/α-hetero) is 1. The summed E-state index contributed by atoms with van der Waals surface area (Å²) in [5.74, 6) is -0.0475. The molecule has 0 aromatic carbocycles. The van der Waals surface area contributed by atoms with Gasteiger partial charge in [-0.2, -0.15) is 0 Å². The Morgan fingerprint density at radius 1 is 1.88 bits per heavy atom. The first-order chi connectivity index (χ1) is 3.77. The van der Waals surface area contributed by atoms with Crippen LogP contribution >= 0.6 is 0 Å². The molecule has 0 radical (unpaired) electrons. The van der Waals surface area contributed by atoms with Gasteiger partial charge in [0.1, 0.15) is 6.61 Å². The number of hydrogen-bond acceptors (Lipinski definition) is 2. The quantitative estimate of drug-likeness (QED) is 0.393. The first-order valence-electron chi connectivity index (χ1n) is 2.17. The van der Waals surface area contributed by atoms with Gasteiger partial charge in [-0.15, -0.1) is 0 Å². The van der Waals surface area contributed by atoms with Gasteiger partial charge in [0, 0.05) is 0 Å². The molecule has 0 fully saturated rings. The summed E-state index contributed by atoms with van der Waals surface area (Å²) in [6.07, 6.45) is 0. The van der Waals surface area contributed by atoms with Gasteiger partial charge in [-0.05, 0) is 6.92 Å². The Balaban J connectivity index is 2.97. The fraction of sp³-hybridized carbons (Fsp3) is 0.600. The molecule has 0 aliphatic carbocycles. The Morgan fingerprint density at radius 3 is 2.88 bits per heavy atom. The Morgan fingerprint density at radius 2 is 2.50 bits per heavy atom. The fourth-order valence-electron chi connectivity index (χ4n) is 0.235. The number of nitrogens with zero attached hydrogens (tertiary/aromatic N) is 1. The van der Waals surface area contributed by atoms with Crippen LogP contribution in [-0.2, 0) is 9.53 Å². The summed E-state index contributed by atoms with van der Waals surface area (Å²) in [7, 11) is 0. The molecular weight excluding hydrogens is 106 g/mol. The van der Waals surface area contributed by atoms with Crippen LogP contribution in [0.2, 0.25) is 0 Å². The molecule has 3 heteroatoms. The van der Waals surface area contributed by atoms with E-state index in [1.807, 2.05) is 0 Å². The van der Waals surface area contributed by atoms with Crippen molar-refractivity contribution in [1.82, 2.24) is 0 Å². The Hall–Kier alpha value is -0.880. The van der Waals surface area contributed by atoms with Crippen molar-refractivity contribution in [1.29, 1.82) is 0 Å². The molecule has 0 aliphatic rings. The maximum Gasteiger partial charge on any atom is 0.318 e. The second kappa shape index (κ2) is 4.28. The summed E-state index contributed by atoms with van der Waals surface area (Å²) in [6.45, 7) is 7.70. The van der Waals surface area contributed by atoms with E-state index in [0.717, 1.165) is 0 Å². The maximum atomic E-state index is 10.1. The van der Waals surface area contributed by atoms with Crippen molar-refractivity contribution in [2.24, 2.45) is 0 Å². The standard InChI is InChI=1S/C5H7NO2/c1-5(7)3-8-4-6-2/h3-4H2,1H3. The third kappa shape index (κ3) is 5.12. The highest BCUT2D eigenvalue weighted by molar-refractivity contribution is 5.76. The van der Waals surface area contributed by atoms with Crippen LogP contribution in [-0.4, -0.2) is 19.1 Å². The van der Waals surface area contributed by atoms with Gasteiger partial charge in [-0.3, -0.25) is 9.64 Å². The lowest BCUT2D eigenvalue weighted by atomic mass is 10.5. The van der Waals surface area contributed by atoms with Crippen LogP contribution in [0.3, 0.4) is 0 Å². The number of carbonyl (C=O) groups is 1. The normalized spacial score (nSPS) is 8.00. The molecule has 0 rings (SSSR count). The van der Waals surface area contributed by atoms with Gasteiger partial charge < -0.3 is 4.74 Å². The smallest absolute Gasteiger partial charge is 0.305 e. The first kappa shape index (κ1) is 7.12. The molecule has 0 saturated carbocycles. The number of rotatable bonds is 3. The van der Waals surface area contributed by atoms with Crippen LogP contribution in [0, 0.1) is 6.57 Å². The summed E-state index contributed by atoms with van der Waals surface area (Å²) in [4.78, 5) is 13.0. The Kier molecular flexibility index (Phi) is 3.81. The number of ether oxygens (including phenoxy) is 1. The van der Waals surface area contributed by atoms with Crippen LogP contribution in [0.5, 0.6) is 0 Å². The van der Waals surface area contributed by atoms with Crippen molar-refractivity contribution in [2.45, 2.75) is 6.92 Å². The van der Waals surface area contributed by atoms with Gasteiger partial charge in [0.05, 0.1) is 0 Å². The highest BCUT2D eigenvalue weighted by Crippen LogP contribution is 1.75. The zero-order chi connectivity index (χ0) is 6.41. The molecule has 3 nitrogen and oxygen atoms in total. The van der Waals surface area contributed by atoms with E-state index in [2.05, 4.69) is 9.58 Å². The highest BCUT2D eigenvalue weighted by Gasteiger charge is 1.90. The molecule has 0 spiro atoms. The second-order valence-corrected chi connectivity index (χ2v) is 1.34. The molecule has 44 valence electrons. The van der Waals surface area contributed by atoms with E-state index < -0.39 is 0 Å². The molecule has 0 bridgehead atoms. The SMILES string of the molecule is [C-]#[N+]COCC(C)=O. The molecule has 0 atom stereocenters. The summed E-state index contributed by atoms with van der Waals surface area (Å²) < 4.78 is 4.54. The van der Waals surface area contributed by atoms with Gasteiger partial charge >= 0.3 is 6.73 Å². The zero-order valence-corrected chi connectivity index (χ0v) is 4.68. The van der Waals surface area contributed by atoms with Gasteiger partial charge in [0.2, 0.25) is 0 Å². The number of carbonyl (C=O) groups excluding carboxylic acids is 1. The van der Waals surface area contributed by atoms with Gasteiger partial charge in [0.25, 0.3) is 0 Å². The monoisotopic (exact) mass is 113 g/mol. The van der Waals surface area contributed by atoms with Crippen molar-refractivity contribution in [3.05, 3.63) is 11.4 Å². The lowest BCUT2D eigenvalue weighted by molar-refractivity contribution is -0.121. The fourth-order valence-corrected chi connectivity index (χ4v) is 0.235. The Bertz CT molecular complexity index is 114. The van der Waals surface area contributed by atoms with Crippen LogP contribution in [0.4, 0.5) is 0 Å². The first-order valence-corrected chi connectivity index (χ1v) is 2.17. The van der Waals surface area contributed by atoms with Crippen molar-refractivity contribution >= 4 is 5.78 Å². The zero-order valence-electron chi connectivity index (χ0n) is 4.68. The van der Waals surface area contributed by atoms with E-state index in [9.17, 15) is 4.79 Å². The van der Waals surface area contributed by atoms with Gasteiger partial charge in [0.15, 0.2) is 5.78 Å². The van der Waals surface area contributed by atoms with E-state index in [0.29, 0.717) is 0 Å². The summed E-state index contributed by atoms with van der Waals surface area (Å²) >= 11 is 0. The third-order valence-electron chi connectivity index (χ3n) is 0.461. The van der Waals surface area contributed by atoms with Gasteiger partial charge in [-0.25, -0.2) is 6.57 Å². The van der Waals surface area contributed by atoms with E-state index in [4.69, 9.17) is 6.57 Å². The molecule has 0 saturated heterocycles. The molecule has 0 aromatic heterocycles. The molecule has 0 aromatic rings. The van der Waals surface area contributed by atoms with Crippen LogP contribution in [0.15, 0.2) is 0 Å². The molecule has 0 N–H and O–H groups in total. The largest absolute Gasteiger partial charge is 0.318 e. The predicted octanol–water partition coefficient (Wildman–Crippen LogP) is 0.469. The molecule has 0 aliphatic heterocycles. The minimum absolute atomic E-state index is 0.0143. The Labute approximate surface area is 48.1 Å². The lowest BCUT2D eigenvalue weighted by Crippen LogP contribution is -2.02. The van der Waals surface area contributed by atoms with Crippen molar-refractivity contribution in [2.75, 3.05) is 13.3 Å². The van der Waals surface area contributed by atoms with E-state index in [-0.39, 0.29) is 19.1 Å². The van der Waals surface area contributed by atoms with Crippen molar-refractivity contribution < 1.29 is 9.53 Å². The molecular formula is C5H7NO2. The average Bonchev–Trinajstić information content (AvgIpc) is 1.66. The van der Waals surface area contributed by atoms with E-state index in [1.165, 1.54) is 6.92 Å². The molecule has 8 heavy (non-hydrogen) atoms. The lowest BCUT2D eigenvalue weighted by Gasteiger charge is -1.87. The summed E-state index contributed by atoms with van der Waals surface area (Å²) in [5, 5.41) is 0. The molecule has 0 unspecified atom stereocenters. The van der Waals surface area contributed by atoms with Crippen molar-refractivity contribution in [3.63, 3.8) is 0 Å². The van der Waals surface area contributed by atoms with Crippen molar-refractivity contribution in [3.8, 4) is 0 Å². The number of ketones is 1. The maximum absolute atomic E-state index is 10.1. The number of hydrogen-bond donors (Lipinski definition) is 0. The van der Waals surface area contributed by atoms with E-state index in [1.54, 1.807) is 0 Å². The average molecular weight is 113 g/mol.